The van der Waals surface area contributed by atoms with Crippen LogP contribution < -0.4 is 0 Å². The van der Waals surface area contributed by atoms with Crippen LogP contribution in [0.2, 0.25) is 0 Å². The summed E-state index contributed by atoms with van der Waals surface area (Å²) in [6.07, 6.45) is 1.75. The molecular weight excluding hydrogens is 218 g/mol. The highest BCUT2D eigenvalue weighted by atomic mass is 32.2. The maximum Gasteiger partial charge on any atom is 0.150 e. The third kappa shape index (κ3) is 8.80. The molecule has 0 amide bonds. The summed E-state index contributed by atoms with van der Waals surface area (Å²) in [6, 6.07) is 0. The highest BCUT2D eigenvalue weighted by Gasteiger charge is 2.16. The van der Waals surface area contributed by atoms with Gasteiger partial charge in [-0.15, -0.1) is 0 Å². The fourth-order valence-electron chi connectivity index (χ4n) is 1.20. The number of hydrogen-bond donors (Lipinski definition) is 2. The fraction of sp³-hybridized carbons (Fsp3) is 1.00. The Bertz CT molecular complexity index is 222. The van der Waals surface area contributed by atoms with E-state index in [-0.39, 0.29) is 13.2 Å². The maximum atomic E-state index is 10.4. The molecule has 15 heavy (non-hydrogen) atoms. The lowest BCUT2D eigenvalue weighted by atomic mass is 10.4. The fourth-order valence-corrected chi connectivity index (χ4v) is 2.69. The Morgan fingerprint density at radius 3 is 1.67 bits per heavy atom. The zero-order valence-corrected chi connectivity index (χ0v) is 10.0. The normalized spacial score (nSPS) is 18.7. The summed E-state index contributed by atoms with van der Waals surface area (Å²) >= 11 is 0. The van der Waals surface area contributed by atoms with Crippen molar-refractivity contribution in [1.82, 2.24) is 4.90 Å². The first kappa shape index (κ1) is 14.8. The van der Waals surface area contributed by atoms with Crippen LogP contribution >= 0.6 is 0 Å². The molecule has 0 spiro atoms. The van der Waals surface area contributed by atoms with Crippen molar-refractivity contribution < 1.29 is 18.6 Å². The van der Waals surface area contributed by atoms with Gasteiger partial charge in [-0.1, -0.05) is 0 Å². The highest BCUT2D eigenvalue weighted by molar-refractivity contribution is 7.91. The number of likely N-dealkylation sites (N-methyl/N-ethyl adjacent to an activating group) is 1. The minimum absolute atomic E-state index is 0.163. The van der Waals surface area contributed by atoms with Crippen LogP contribution in [0.3, 0.4) is 0 Å². The van der Waals surface area contributed by atoms with Gasteiger partial charge in [0.15, 0.2) is 0 Å². The Balaban J connectivity index is 0.000000262. The topological polar surface area (TPSA) is 77.8 Å². The van der Waals surface area contributed by atoms with E-state index >= 15 is 0 Å². The molecule has 0 saturated carbocycles. The minimum atomic E-state index is -2.55. The Labute approximate surface area is 91.6 Å². The molecule has 0 aromatic rings. The number of hydrogen-bond acceptors (Lipinski definition) is 5. The van der Waals surface area contributed by atoms with Crippen LogP contribution in [0, 0.1) is 0 Å². The first-order chi connectivity index (χ1) is 7.02. The molecule has 1 aliphatic rings. The maximum absolute atomic E-state index is 10.4. The van der Waals surface area contributed by atoms with Crippen molar-refractivity contribution in [3.63, 3.8) is 0 Å². The molecule has 0 radical (unpaired) electrons. The molecule has 1 saturated heterocycles. The molecule has 0 atom stereocenters. The molecule has 0 bridgehead atoms. The van der Waals surface area contributed by atoms with Crippen LogP contribution in [0.4, 0.5) is 0 Å². The second-order valence-electron chi connectivity index (χ2n) is 3.61. The predicted molar refractivity (Wildman–Crippen MR) is 59.6 cm³/mol. The molecule has 5 nitrogen and oxygen atoms in total. The Morgan fingerprint density at radius 2 is 1.47 bits per heavy atom. The second-order valence-corrected chi connectivity index (χ2v) is 5.91. The monoisotopic (exact) mass is 239 g/mol. The van der Waals surface area contributed by atoms with E-state index in [0.717, 1.165) is 12.8 Å². The summed E-state index contributed by atoms with van der Waals surface area (Å²) in [7, 11) is -0.693. The summed E-state index contributed by atoms with van der Waals surface area (Å²) in [6.45, 7) is 1.61. The predicted octanol–water partition coefficient (Wildman–Crippen LogP) is -0.902. The SMILES string of the molecule is CN(CCO)CCO.O=S1(=O)CCCC1. The van der Waals surface area contributed by atoms with E-state index in [4.69, 9.17) is 10.2 Å². The van der Waals surface area contributed by atoms with Crippen molar-refractivity contribution in [2.24, 2.45) is 0 Å². The first-order valence-corrected chi connectivity index (χ1v) is 6.94. The van der Waals surface area contributed by atoms with Gasteiger partial charge in [0.05, 0.1) is 24.7 Å². The lowest BCUT2D eigenvalue weighted by molar-refractivity contribution is 0.184. The first-order valence-electron chi connectivity index (χ1n) is 5.12. The minimum Gasteiger partial charge on any atom is -0.395 e. The van der Waals surface area contributed by atoms with E-state index in [0.29, 0.717) is 24.6 Å². The molecule has 6 heteroatoms. The molecule has 0 aromatic heterocycles. The zero-order chi connectivity index (χ0) is 11.7. The van der Waals surface area contributed by atoms with Gasteiger partial charge in [0.2, 0.25) is 0 Å². The zero-order valence-electron chi connectivity index (χ0n) is 9.22. The summed E-state index contributed by atoms with van der Waals surface area (Å²) in [5.41, 5.74) is 0. The van der Waals surface area contributed by atoms with Crippen molar-refractivity contribution in [2.75, 3.05) is 44.9 Å². The third-order valence-corrected chi connectivity index (χ3v) is 3.95. The molecular formula is C9H21NO4S. The van der Waals surface area contributed by atoms with Gasteiger partial charge in [0.1, 0.15) is 9.84 Å². The third-order valence-electron chi connectivity index (χ3n) is 2.12. The number of nitrogens with zero attached hydrogens (tertiary/aromatic N) is 1. The number of sulfone groups is 1. The van der Waals surface area contributed by atoms with Crippen LogP contribution in [0.15, 0.2) is 0 Å². The molecule has 0 aromatic carbocycles. The van der Waals surface area contributed by atoms with Gasteiger partial charge in [-0.05, 0) is 19.9 Å². The molecule has 1 fully saturated rings. The quantitative estimate of drug-likeness (QED) is 0.664. The van der Waals surface area contributed by atoms with Crippen molar-refractivity contribution >= 4 is 9.84 Å². The van der Waals surface area contributed by atoms with E-state index in [1.807, 2.05) is 11.9 Å². The van der Waals surface area contributed by atoms with Gasteiger partial charge in [0, 0.05) is 13.1 Å². The van der Waals surface area contributed by atoms with E-state index in [1.54, 1.807) is 0 Å². The van der Waals surface area contributed by atoms with Gasteiger partial charge in [-0.2, -0.15) is 0 Å². The van der Waals surface area contributed by atoms with E-state index < -0.39 is 9.84 Å². The lowest BCUT2D eigenvalue weighted by Crippen LogP contribution is -2.25. The second kappa shape index (κ2) is 8.04. The smallest absolute Gasteiger partial charge is 0.150 e. The van der Waals surface area contributed by atoms with E-state index in [2.05, 4.69) is 0 Å². The number of rotatable bonds is 4. The molecule has 92 valence electrons. The van der Waals surface area contributed by atoms with Crippen molar-refractivity contribution in [3.05, 3.63) is 0 Å². The van der Waals surface area contributed by atoms with Gasteiger partial charge in [-0.3, -0.25) is 0 Å². The number of aliphatic hydroxyl groups is 2. The van der Waals surface area contributed by atoms with Gasteiger partial charge < -0.3 is 15.1 Å². The Kier molecular flexibility index (Phi) is 7.95. The largest absolute Gasteiger partial charge is 0.395 e. The van der Waals surface area contributed by atoms with Gasteiger partial charge in [0.25, 0.3) is 0 Å². The summed E-state index contributed by atoms with van der Waals surface area (Å²) in [4.78, 5) is 1.86. The Hall–Kier alpha value is -0.170. The summed E-state index contributed by atoms with van der Waals surface area (Å²) in [5.74, 6) is 0.847. The van der Waals surface area contributed by atoms with Crippen molar-refractivity contribution in [1.29, 1.82) is 0 Å². The lowest BCUT2D eigenvalue weighted by Gasteiger charge is -2.11. The summed E-state index contributed by atoms with van der Waals surface area (Å²) < 4.78 is 20.9. The average Bonchev–Trinajstić information content (AvgIpc) is 2.52. The Morgan fingerprint density at radius 1 is 1.07 bits per heavy atom. The van der Waals surface area contributed by atoms with E-state index in [9.17, 15) is 8.42 Å². The van der Waals surface area contributed by atoms with Gasteiger partial charge >= 0.3 is 0 Å². The van der Waals surface area contributed by atoms with E-state index in [1.165, 1.54) is 0 Å². The van der Waals surface area contributed by atoms with Crippen molar-refractivity contribution in [2.45, 2.75) is 12.8 Å². The molecule has 0 unspecified atom stereocenters. The average molecular weight is 239 g/mol. The molecule has 1 rings (SSSR count). The van der Waals surface area contributed by atoms with Gasteiger partial charge in [-0.25, -0.2) is 8.42 Å². The molecule has 0 aliphatic carbocycles. The van der Waals surface area contributed by atoms with Crippen LogP contribution in [0.1, 0.15) is 12.8 Å². The van der Waals surface area contributed by atoms with Crippen LogP contribution in [0.25, 0.3) is 0 Å². The standard InChI is InChI=1S/C5H13NO2.C4H8O2S/c1-6(2-4-7)3-5-8;5-7(6)3-1-2-4-7/h7-8H,2-5H2,1H3;1-4H2. The highest BCUT2D eigenvalue weighted by Crippen LogP contribution is 2.08. The van der Waals surface area contributed by atoms with Crippen molar-refractivity contribution in [3.8, 4) is 0 Å². The van der Waals surface area contributed by atoms with Crippen LogP contribution in [-0.2, 0) is 9.84 Å². The molecule has 2 N–H and O–H groups in total. The number of aliphatic hydroxyl groups excluding tert-OH is 2. The molecule has 1 heterocycles. The molecule has 1 aliphatic heterocycles. The summed E-state index contributed by atoms with van der Waals surface area (Å²) in [5, 5.41) is 16.7. The van der Waals surface area contributed by atoms with Crippen LogP contribution in [0.5, 0.6) is 0 Å². The van der Waals surface area contributed by atoms with Crippen LogP contribution in [-0.4, -0.2) is 68.4 Å².